The molecule has 0 spiro atoms. The van der Waals surface area contributed by atoms with E-state index in [9.17, 15) is 4.79 Å². The van der Waals surface area contributed by atoms with Gasteiger partial charge in [0.25, 0.3) is 0 Å². The Labute approximate surface area is 140 Å². The Kier molecular flexibility index (Phi) is 4.58. The molecule has 0 radical (unpaired) electrons. The Morgan fingerprint density at radius 2 is 1.91 bits per heavy atom. The van der Waals surface area contributed by atoms with Gasteiger partial charge in [0.2, 0.25) is 5.91 Å². The molecule has 22 heavy (non-hydrogen) atoms. The fourth-order valence-electron chi connectivity index (χ4n) is 2.63. The van der Waals surface area contributed by atoms with E-state index in [1.165, 1.54) is 0 Å². The Morgan fingerprint density at radius 3 is 2.59 bits per heavy atom. The topological polar surface area (TPSA) is 50.5 Å². The van der Waals surface area contributed by atoms with Crippen molar-refractivity contribution in [3.05, 3.63) is 46.1 Å². The molecule has 0 aliphatic carbocycles. The van der Waals surface area contributed by atoms with E-state index >= 15 is 0 Å². The van der Waals surface area contributed by atoms with Crippen molar-refractivity contribution in [1.29, 1.82) is 0 Å². The highest BCUT2D eigenvalue weighted by Gasteiger charge is 2.28. The molecule has 116 valence electrons. The van der Waals surface area contributed by atoms with Gasteiger partial charge in [-0.2, -0.15) is 5.10 Å². The van der Waals surface area contributed by atoms with E-state index in [1.54, 1.807) is 16.6 Å². The van der Waals surface area contributed by atoms with E-state index in [0.29, 0.717) is 5.02 Å². The van der Waals surface area contributed by atoms with E-state index in [4.69, 9.17) is 11.6 Å². The van der Waals surface area contributed by atoms with Gasteiger partial charge in [-0.05, 0) is 13.0 Å². The number of rotatable bonds is 1. The summed E-state index contributed by atoms with van der Waals surface area (Å²) in [5, 5.41) is 5.04. The van der Waals surface area contributed by atoms with Crippen LogP contribution in [0.3, 0.4) is 0 Å². The molecule has 0 bridgehead atoms. The summed E-state index contributed by atoms with van der Waals surface area (Å²) in [5.41, 5.74) is 3.23. The molecule has 7 heteroatoms. The number of fused-ring (bicyclic) bond motifs is 1. The predicted molar refractivity (Wildman–Crippen MR) is 90.6 cm³/mol. The highest BCUT2D eigenvalue weighted by Crippen LogP contribution is 2.30. The Morgan fingerprint density at radius 1 is 1.23 bits per heavy atom. The lowest BCUT2D eigenvalue weighted by Crippen LogP contribution is -2.29. The van der Waals surface area contributed by atoms with Crippen molar-refractivity contribution in [2.75, 3.05) is 18.5 Å². The molecule has 1 aliphatic heterocycles. The number of halogens is 2. The van der Waals surface area contributed by atoms with Crippen LogP contribution in [0, 0.1) is 6.92 Å². The van der Waals surface area contributed by atoms with E-state index in [0.717, 1.165) is 28.4 Å². The van der Waals surface area contributed by atoms with E-state index in [-0.39, 0.29) is 24.9 Å². The average Bonchev–Trinajstić information content (AvgIpc) is 2.66. The van der Waals surface area contributed by atoms with Gasteiger partial charge in [0.05, 0.1) is 17.0 Å². The maximum Gasteiger partial charge on any atom is 0.249 e. The lowest BCUT2D eigenvalue weighted by molar-refractivity contribution is -0.117. The van der Waals surface area contributed by atoms with Gasteiger partial charge < -0.3 is 0 Å². The number of aromatic nitrogens is 2. The van der Waals surface area contributed by atoms with Crippen LogP contribution in [-0.4, -0.2) is 35.0 Å². The van der Waals surface area contributed by atoms with Gasteiger partial charge >= 0.3 is 0 Å². The molecule has 0 saturated heterocycles. The third-order valence-corrected chi connectivity index (χ3v) is 3.95. The number of aliphatic imine (C=N–C) groups is 1. The molecule has 2 aromatic rings. The van der Waals surface area contributed by atoms with E-state index in [1.807, 2.05) is 38.2 Å². The van der Waals surface area contributed by atoms with E-state index in [2.05, 4.69) is 10.1 Å². The van der Waals surface area contributed by atoms with Crippen LogP contribution in [0.4, 0.5) is 5.82 Å². The quantitative estimate of drug-likeness (QED) is 0.802. The summed E-state index contributed by atoms with van der Waals surface area (Å²) in [6.45, 7) is 2.01. The van der Waals surface area contributed by atoms with Crippen molar-refractivity contribution in [2.45, 2.75) is 6.92 Å². The second kappa shape index (κ2) is 6.10. The normalized spacial score (nSPS) is 14.1. The maximum atomic E-state index is 12.1. The van der Waals surface area contributed by atoms with Crippen LogP contribution in [0.2, 0.25) is 5.02 Å². The molecule has 0 unspecified atom stereocenters. The molecule has 1 aromatic carbocycles. The Bertz CT molecular complexity index is 767. The lowest BCUT2D eigenvalue weighted by atomic mass is 10.0. The number of anilines is 1. The van der Waals surface area contributed by atoms with Crippen molar-refractivity contribution in [3.63, 3.8) is 0 Å². The lowest BCUT2D eigenvalue weighted by Gasteiger charge is -2.16. The van der Waals surface area contributed by atoms with Gasteiger partial charge in [-0.1, -0.05) is 29.8 Å². The SMILES string of the molecule is Cc1nn(C)c2c1C(c1ccccc1Cl)=NCC(=O)N2C.Cl. The van der Waals surface area contributed by atoms with Crippen LogP contribution in [0.1, 0.15) is 16.8 Å². The largest absolute Gasteiger partial charge is 0.298 e. The zero-order valence-electron chi connectivity index (χ0n) is 12.5. The molecule has 2 heterocycles. The number of hydrogen-bond acceptors (Lipinski definition) is 3. The third-order valence-electron chi connectivity index (χ3n) is 3.62. The molecule has 0 atom stereocenters. The number of carbonyl (C=O) groups is 1. The monoisotopic (exact) mass is 338 g/mol. The summed E-state index contributed by atoms with van der Waals surface area (Å²) in [6, 6.07) is 7.51. The number of carbonyl (C=O) groups excluding carboxylic acids is 1. The number of benzene rings is 1. The summed E-state index contributed by atoms with van der Waals surface area (Å²) in [6.07, 6.45) is 0. The Balaban J connectivity index is 0.00000176. The number of aryl methyl sites for hydroxylation is 2. The average molecular weight is 339 g/mol. The van der Waals surface area contributed by atoms with Crippen molar-refractivity contribution in [3.8, 4) is 0 Å². The van der Waals surface area contributed by atoms with Gasteiger partial charge in [-0.3, -0.25) is 19.4 Å². The Hall–Kier alpha value is -1.85. The van der Waals surface area contributed by atoms with Crippen LogP contribution in [0.25, 0.3) is 0 Å². The van der Waals surface area contributed by atoms with Crippen LogP contribution >= 0.6 is 24.0 Å². The van der Waals surface area contributed by atoms with Crippen molar-refractivity contribution < 1.29 is 4.79 Å². The fraction of sp³-hybridized carbons (Fsp3) is 0.267. The molecular formula is C15H16Cl2N4O. The molecule has 1 amide bonds. The van der Waals surface area contributed by atoms with Crippen molar-refractivity contribution in [2.24, 2.45) is 12.0 Å². The zero-order chi connectivity index (χ0) is 15.1. The minimum atomic E-state index is -0.0682. The van der Waals surface area contributed by atoms with Crippen LogP contribution < -0.4 is 4.90 Å². The first-order valence-electron chi connectivity index (χ1n) is 6.60. The standard InChI is InChI=1S/C15H15ClN4O.ClH/c1-9-13-14(10-6-4-5-7-11(10)16)17-8-12(21)19(2)15(13)20(3)18-9;/h4-7H,8H2,1-3H3;1H. The van der Waals surface area contributed by atoms with Crippen molar-refractivity contribution >= 4 is 41.4 Å². The van der Waals surface area contributed by atoms with Gasteiger partial charge in [0.15, 0.2) is 0 Å². The fourth-order valence-corrected chi connectivity index (χ4v) is 2.86. The van der Waals surface area contributed by atoms with Crippen LogP contribution in [-0.2, 0) is 11.8 Å². The first-order valence-corrected chi connectivity index (χ1v) is 6.98. The molecule has 0 N–H and O–H groups in total. The first-order chi connectivity index (χ1) is 10.0. The van der Waals surface area contributed by atoms with Crippen molar-refractivity contribution in [1.82, 2.24) is 9.78 Å². The second-order valence-corrected chi connectivity index (χ2v) is 5.41. The second-order valence-electron chi connectivity index (χ2n) is 5.01. The van der Waals surface area contributed by atoms with Gasteiger partial charge in [-0.25, -0.2) is 0 Å². The molecular weight excluding hydrogens is 323 g/mol. The zero-order valence-corrected chi connectivity index (χ0v) is 14.1. The van der Waals surface area contributed by atoms with Gasteiger partial charge in [-0.15, -0.1) is 12.4 Å². The third kappa shape index (κ3) is 2.51. The molecule has 0 saturated carbocycles. The van der Waals surface area contributed by atoms with Crippen LogP contribution in [0.5, 0.6) is 0 Å². The molecule has 5 nitrogen and oxygen atoms in total. The summed E-state index contributed by atoms with van der Waals surface area (Å²) in [4.78, 5) is 18.2. The molecule has 1 aliphatic rings. The molecule has 3 rings (SSSR count). The number of amides is 1. The number of nitrogens with zero attached hydrogens (tertiary/aromatic N) is 4. The summed E-state index contributed by atoms with van der Waals surface area (Å²) >= 11 is 6.30. The minimum Gasteiger partial charge on any atom is -0.298 e. The maximum absolute atomic E-state index is 12.1. The van der Waals surface area contributed by atoms with Gasteiger partial charge in [0, 0.05) is 24.7 Å². The number of likely N-dealkylation sites (N-methyl/N-ethyl adjacent to an activating group) is 1. The first kappa shape index (κ1) is 16.5. The van der Waals surface area contributed by atoms with Crippen LogP contribution in [0.15, 0.2) is 29.3 Å². The summed E-state index contributed by atoms with van der Waals surface area (Å²) in [7, 11) is 3.57. The summed E-state index contributed by atoms with van der Waals surface area (Å²) in [5.74, 6) is 0.676. The molecule has 1 aromatic heterocycles. The minimum absolute atomic E-state index is 0. The predicted octanol–water partition coefficient (Wildman–Crippen LogP) is 2.62. The highest BCUT2D eigenvalue weighted by molar-refractivity contribution is 6.36. The highest BCUT2D eigenvalue weighted by atomic mass is 35.5. The van der Waals surface area contributed by atoms with E-state index < -0.39 is 0 Å². The molecule has 0 fully saturated rings. The summed E-state index contributed by atoms with van der Waals surface area (Å²) < 4.78 is 1.71. The van der Waals surface area contributed by atoms with Gasteiger partial charge in [0.1, 0.15) is 12.4 Å². The smallest absolute Gasteiger partial charge is 0.249 e. The number of hydrogen-bond donors (Lipinski definition) is 0.